The molecule has 0 unspecified atom stereocenters. The fourth-order valence-electron chi connectivity index (χ4n) is 0.717. The van der Waals surface area contributed by atoms with Gasteiger partial charge in [0.1, 0.15) is 0 Å². The quantitative estimate of drug-likeness (QED) is 0.541. The van der Waals surface area contributed by atoms with Crippen LogP contribution in [0.5, 0.6) is 0 Å². The molecule has 0 spiro atoms. The molecule has 0 fully saturated rings. The summed E-state index contributed by atoms with van der Waals surface area (Å²) in [7, 11) is 0. The van der Waals surface area contributed by atoms with Crippen molar-refractivity contribution in [3.05, 3.63) is 21.3 Å². The van der Waals surface area contributed by atoms with E-state index in [2.05, 4.69) is 9.97 Å². The second-order valence-corrected chi connectivity index (χ2v) is 3.10. The van der Waals surface area contributed by atoms with Gasteiger partial charge < -0.3 is 0 Å². The average molecular weight is 288 g/mol. The van der Waals surface area contributed by atoms with E-state index in [1.165, 1.54) is 6.92 Å². The van der Waals surface area contributed by atoms with Crippen LogP contribution in [0, 0.1) is 10.8 Å². The molecule has 2 nitrogen and oxygen atoms in total. The number of alkyl halides is 3. The topological polar surface area (TPSA) is 25.8 Å². The van der Waals surface area contributed by atoms with Gasteiger partial charge in [-0.15, -0.1) is 0 Å². The summed E-state index contributed by atoms with van der Waals surface area (Å²) in [6, 6.07) is 0. The fourth-order valence-corrected chi connectivity index (χ4v) is 1.22. The van der Waals surface area contributed by atoms with E-state index in [-0.39, 0.29) is 5.69 Å². The predicted molar refractivity (Wildman–Crippen MR) is 44.5 cm³/mol. The number of aromatic nitrogens is 2. The summed E-state index contributed by atoms with van der Waals surface area (Å²) in [5.74, 6) is 0. The molecular weight excluding hydrogens is 284 g/mol. The molecule has 0 amide bonds. The maximum absolute atomic E-state index is 12.1. The lowest BCUT2D eigenvalue weighted by atomic mass is 10.2. The first-order valence-corrected chi connectivity index (χ1v) is 4.05. The second kappa shape index (κ2) is 3.15. The Labute approximate surface area is 80.4 Å². The summed E-state index contributed by atoms with van der Waals surface area (Å²) in [6.07, 6.45) is -3.56. The third-order valence-corrected chi connectivity index (χ3v) is 1.78. The van der Waals surface area contributed by atoms with Gasteiger partial charge in [-0.3, -0.25) is 0 Å². The number of aryl methyl sites for hydroxylation is 1. The van der Waals surface area contributed by atoms with Crippen molar-refractivity contribution in [2.24, 2.45) is 0 Å². The molecule has 0 aromatic carbocycles. The van der Waals surface area contributed by atoms with Gasteiger partial charge in [-0.1, -0.05) is 0 Å². The zero-order valence-electron chi connectivity index (χ0n) is 5.98. The molecule has 0 atom stereocenters. The number of halogens is 4. The first kappa shape index (κ1) is 9.69. The van der Waals surface area contributed by atoms with Crippen LogP contribution in [0.25, 0.3) is 0 Å². The average Bonchev–Trinajstić information content (AvgIpc) is 1.83. The number of hydrogen-bond donors (Lipinski definition) is 0. The number of hydrogen-bond acceptors (Lipinski definition) is 2. The van der Waals surface area contributed by atoms with Crippen LogP contribution >= 0.6 is 22.6 Å². The van der Waals surface area contributed by atoms with Crippen LogP contribution in [0.15, 0.2) is 6.20 Å². The third kappa shape index (κ3) is 2.05. The zero-order chi connectivity index (χ0) is 9.35. The summed E-state index contributed by atoms with van der Waals surface area (Å²) < 4.78 is 36.6. The molecule has 6 heteroatoms. The number of nitrogens with zero attached hydrogens (tertiary/aromatic N) is 2. The van der Waals surface area contributed by atoms with Crippen LogP contribution in [-0.2, 0) is 6.18 Å². The molecule has 0 aliphatic rings. The Kier molecular flexibility index (Phi) is 2.55. The van der Waals surface area contributed by atoms with Gasteiger partial charge in [-0.05, 0) is 6.92 Å². The molecule has 1 aromatic rings. The smallest absolute Gasteiger partial charge is 0.231 e. The van der Waals surface area contributed by atoms with Crippen molar-refractivity contribution >= 4 is 22.6 Å². The Balaban J connectivity index is 3.19. The summed E-state index contributed by atoms with van der Waals surface area (Å²) in [4.78, 5) is 7.06. The molecule has 0 saturated carbocycles. The van der Waals surface area contributed by atoms with E-state index in [0.29, 0.717) is 3.83 Å². The standard InChI is InChI=1S/C6H4F3IN2/c1-3-4(6(7,8)9)2-11-5(10)12-3/h2H,1H3. The monoisotopic (exact) mass is 288 g/mol. The second-order valence-electron chi connectivity index (χ2n) is 2.14. The van der Waals surface area contributed by atoms with Crippen LogP contribution in [0.2, 0.25) is 0 Å². The lowest BCUT2D eigenvalue weighted by molar-refractivity contribution is -0.138. The van der Waals surface area contributed by atoms with Gasteiger partial charge in [-0.2, -0.15) is 13.2 Å². The lowest BCUT2D eigenvalue weighted by Gasteiger charge is -2.07. The maximum atomic E-state index is 12.1. The van der Waals surface area contributed by atoms with E-state index < -0.39 is 11.7 Å². The van der Waals surface area contributed by atoms with E-state index in [9.17, 15) is 13.2 Å². The van der Waals surface area contributed by atoms with Crippen molar-refractivity contribution in [2.45, 2.75) is 13.1 Å². The lowest BCUT2D eigenvalue weighted by Crippen LogP contribution is -2.10. The highest BCUT2D eigenvalue weighted by Gasteiger charge is 2.33. The van der Waals surface area contributed by atoms with Crippen molar-refractivity contribution in [1.29, 1.82) is 0 Å². The van der Waals surface area contributed by atoms with Gasteiger partial charge in [0, 0.05) is 28.8 Å². The Bertz CT molecular complexity index is 297. The highest BCUT2D eigenvalue weighted by molar-refractivity contribution is 14.1. The van der Waals surface area contributed by atoms with Crippen LogP contribution in [0.4, 0.5) is 13.2 Å². The molecule has 1 heterocycles. The van der Waals surface area contributed by atoms with Crippen molar-refractivity contribution < 1.29 is 13.2 Å². The Hall–Kier alpha value is -0.400. The van der Waals surface area contributed by atoms with Crippen molar-refractivity contribution in [1.82, 2.24) is 9.97 Å². The molecule has 1 rings (SSSR count). The Morgan fingerprint density at radius 3 is 2.42 bits per heavy atom. The minimum absolute atomic E-state index is 0.0399. The van der Waals surface area contributed by atoms with Crippen molar-refractivity contribution in [3.8, 4) is 0 Å². The molecule has 0 aliphatic heterocycles. The van der Waals surface area contributed by atoms with Crippen LogP contribution in [0.3, 0.4) is 0 Å². The van der Waals surface area contributed by atoms with Gasteiger partial charge in [0.2, 0.25) is 0 Å². The zero-order valence-corrected chi connectivity index (χ0v) is 8.14. The van der Waals surface area contributed by atoms with Gasteiger partial charge in [-0.25, -0.2) is 9.97 Å². The van der Waals surface area contributed by atoms with E-state index in [1.54, 1.807) is 22.6 Å². The normalized spacial score (nSPS) is 11.8. The summed E-state index contributed by atoms with van der Waals surface area (Å²) in [6.45, 7) is 1.31. The molecule has 12 heavy (non-hydrogen) atoms. The summed E-state index contributed by atoms with van der Waals surface area (Å²) in [5.41, 5.74) is -0.815. The molecule has 0 bridgehead atoms. The van der Waals surface area contributed by atoms with Gasteiger partial charge in [0.25, 0.3) is 0 Å². The molecule has 0 saturated heterocycles. The van der Waals surface area contributed by atoms with Gasteiger partial charge in [0.05, 0.1) is 11.3 Å². The van der Waals surface area contributed by atoms with Crippen molar-refractivity contribution in [3.63, 3.8) is 0 Å². The molecule has 1 aromatic heterocycles. The van der Waals surface area contributed by atoms with Crippen LogP contribution in [0.1, 0.15) is 11.3 Å². The van der Waals surface area contributed by atoms with Gasteiger partial charge in [0.15, 0.2) is 3.83 Å². The Morgan fingerprint density at radius 2 is 2.00 bits per heavy atom. The van der Waals surface area contributed by atoms with Gasteiger partial charge >= 0.3 is 6.18 Å². The van der Waals surface area contributed by atoms with Crippen molar-refractivity contribution in [2.75, 3.05) is 0 Å². The third-order valence-electron chi connectivity index (χ3n) is 1.26. The highest BCUT2D eigenvalue weighted by atomic mass is 127. The molecule has 0 N–H and O–H groups in total. The molecule has 66 valence electrons. The summed E-state index contributed by atoms with van der Waals surface area (Å²) in [5, 5.41) is 0. The molecule has 0 radical (unpaired) electrons. The van der Waals surface area contributed by atoms with E-state index in [1.807, 2.05) is 0 Å². The Morgan fingerprint density at radius 1 is 1.42 bits per heavy atom. The molecular formula is C6H4F3IN2. The van der Waals surface area contributed by atoms with E-state index >= 15 is 0 Å². The largest absolute Gasteiger partial charge is 0.419 e. The van der Waals surface area contributed by atoms with Crippen LogP contribution in [-0.4, -0.2) is 9.97 Å². The minimum Gasteiger partial charge on any atom is -0.231 e. The SMILES string of the molecule is Cc1nc(I)ncc1C(F)(F)F. The predicted octanol–water partition coefficient (Wildman–Crippen LogP) is 2.41. The minimum atomic E-state index is -4.35. The molecule has 0 aliphatic carbocycles. The first-order chi connectivity index (χ1) is 5.41. The van der Waals surface area contributed by atoms with E-state index in [4.69, 9.17) is 0 Å². The summed E-state index contributed by atoms with van der Waals surface area (Å²) >= 11 is 1.76. The van der Waals surface area contributed by atoms with Crippen LogP contribution < -0.4 is 0 Å². The fraction of sp³-hybridized carbons (Fsp3) is 0.333. The van der Waals surface area contributed by atoms with E-state index in [0.717, 1.165) is 6.20 Å². The highest BCUT2D eigenvalue weighted by Crippen LogP contribution is 2.30. The number of rotatable bonds is 0. The first-order valence-electron chi connectivity index (χ1n) is 2.97. The maximum Gasteiger partial charge on any atom is 0.419 e.